The first-order valence-electron chi connectivity index (χ1n) is 1.92. The lowest BCUT2D eigenvalue weighted by atomic mass is 10.4. The summed E-state index contributed by atoms with van der Waals surface area (Å²) in [6.45, 7) is 1.41. The molecule has 1 atom stereocenters. The molecular weight excluding hydrogens is 96.0 g/mol. The normalized spacial score (nSPS) is 13.4. The third-order valence-electron chi connectivity index (χ3n) is 0.685. The maximum absolute atomic E-state index is 9.69. The predicted molar refractivity (Wildman–Crippen MR) is 21.5 cm³/mol. The van der Waals surface area contributed by atoms with Crippen LogP contribution in [0.4, 0.5) is 0 Å². The zero-order valence-electron chi connectivity index (χ0n) is 4.30. The van der Waals surface area contributed by atoms with Gasteiger partial charge < -0.3 is 14.6 Å². The monoisotopic (exact) mass is 103 g/mol. The van der Waals surface area contributed by atoms with Crippen LogP contribution in [0.2, 0.25) is 0 Å². The first-order chi connectivity index (χ1) is 3.18. The zero-order valence-corrected chi connectivity index (χ0v) is 4.30. The lowest BCUT2D eigenvalue weighted by molar-refractivity contribution is -0.315. The molecule has 0 fully saturated rings. The van der Waals surface area contributed by atoms with Crippen molar-refractivity contribution >= 4 is 5.97 Å². The molecule has 1 unspecified atom stereocenters. The Kier molecular flexibility index (Phi) is 2.37. The van der Waals surface area contributed by atoms with Crippen molar-refractivity contribution in [1.29, 1.82) is 0 Å². The van der Waals surface area contributed by atoms with Gasteiger partial charge >= 0.3 is 0 Å². The summed E-state index contributed by atoms with van der Waals surface area (Å²) >= 11 is 0. The van der Waals surface area contributed by atoms with Crippen LogP contribution < -0.4 is 5.11 Å². The predicted octanol–water partition coefficient (Wildman–Crippen LogP) is -1.23. The van der Waals surface area contributed by atoms with Gasteiger partial charge in [-0.2, -0.15) is 0 Å². The quantitative estimate of drug-likeness (QED) is 0.439. The van der Waals surface area contributed by atoms with Crippen molar-refractivity contribution in [2.24, 2.45) is 0 Å². The number of hydrogen-bond acceptors (Lipinski definition) is 3. The van der Waals surface area contributed by atoms with Crippen LogP contribution in [0.3, 0.4) is 0 Å². The molecule has 0 radical (unpaired) electrons. The van der Waals surface area contributed by atoms with Crippen LogP contribution >= 0.6 is 0 Å². The van der Waals surface area contributed by atoms with Crippen molar-refractivity contribution in [2.45, 2.75) is 13.0 Å². The van der Waals surface area contributed by atoms with Crippen LogP contribution in [-0.2, 0) is 9.53 Å². The maximum Gasteiger partial charge on any atom is 0.0936 e. The highest BCUT2D eigenvalue weighted by molar-refractivity contribution is 5.69. The molecule has 3 nitrogen and oxygen atoms in total. The average Bonchev–Trinajstić information content (AvgIpc) is 1.65. The molecule has 0 aliphatic rings. The molecule has 3 heteroatoms. The van der Waals surface area contributed by atoms with E-state index in [2.05, 4.69) is 4.74 Å². The van der Waals surface area contributed by atoms with E-state index < -0.39 is 12.1 Å². The number of carboxylic acids is 1. The van der Waals surface area contributed by atoms with Crippen molar-refractivity contribution in [3.8, 4) is 0 Å². The van der Waals surface area contributed by atoms with E-state index in [9.17, 15) is 9.90 Å². The Morgan fingerprint density at radius 2 is 2.29 bits per heavy atom. The molecule has 0 rings (SSSR count). The molecule has 0 heterocycles. The second kappa shape index (κ2) is 2.58. The van der Waals surface area contributed by atoms with Crippen molar-refractivity contribution in [3.63, 3.8) is 0 Å². The molecule has 0 aromatic heterocycles. The third kappa shape index (κ3) is 2.17. The number of carbonyl (C=O) groups is 1. The molecule has 0 aromatic carbocycles. The Morgan fingerprint density at radius 1 is 1.86 bits per heavy atom. The lowest BCUT2D eigenvalue weighted by Gasteiger charge is -2.07. The summed E-state index contributed by atoms with van der Waals surface area (Å²) < 4.78 is 4.35. The van der Waals surface area contributed by atoms with Crippen LogP contribution in [0.15, 0.2) is 0 Å². The number of aliphatic carboxylic acids is 1. The van der Waals surface area contributed by atoms with E-state index in [0.717, 1.165) is 0 Å². The van der Waals surface area contributed by atoms with Gasteiger partial charge in [-0.3, -0.25) is 0 Å². The fraction of sp³-hybridized carbons (Fsp3) is 0.750. The number of carbonyl (C=O) groups excluding carboxylic acids is 1. The van der Waals surface area contributed by atoms with Crippen LogP contribution in [0.25, 0.3) is 0 Å². The van der Waals surface area contributed by atoms with E-state index in [-0.39, 0.29) is 0 Å². The fourth-order valence-corrected chi connectivity index (χ4v) is 0.0962. The van der Waals surface area contributed by atoms with E-state index in [1.165, 1.54) is 14.0 Å². The highest BCUT2D eigenvalue weighted by Crippen LogP contribution is 1.80. The molecule has 0 aromatic rings. The van der Waals surface area contributed by atoms with E-state index in [0.29, 0.717) is 0 Å². The van der Waals surface area contributed by atoms with E-state index in [1.807, 2.05) is 0 Å². The largest absolute Gasteiger partial charge is 0.547 e. The highest BCUT2D eigenvalue weighted by atomic mass is 16.5. The first kappa shape index (κ1) is 6.43. The maximum atomic E-state index is 9.69. The fourth-order valence-electron chi connectivity index (χ4n) is 0.0962. The Labute approximate surface area is 41.9 Å². The van der Waals surface area contributed by atoms with E-state index >= 15 is 0 Å². The topological polar surface area (TPSA) is 49.4 Å². The molecular formula is C4H7O3-. The van der Waals surface area contributed by atoms with Crippen molar-refractivity contribution in [3.05, 3.63) is 0 Å². The summed E-state index contributed by atoms with van der Waals surface area (Å²) in [6, 6.07) is 0. The highest BCUT2D eigenvalue weighted by Gasteiger charge is 1.95. The van der Waals surface area contributed by atoms with Gasteiger partial charge in [0.1, 0.15) is 0 Å². The molecule has 0 aliphatic heterocycles. The minimum Gasteiger partial charge on any atom is -0.547 e. The molecule has 0 aliphatic carbocycles. The Bertz CT molecular complexity index is 69.3. The number of carboxylic acid groups (broad SMARTS) is 1. The van der Waals surface area contributed by atoms with E-state index in [1.54, 1.807) is 0 Å². The minimum absolute atomic E-state index is 0.792. The zero-order chi connectivity index (χ0) is 5.86. The lowest BCUT2D eigenvalue weighted by Crippen LogP contribution is -2.34. The van der Waals surface area contributed by atoms with Gasteiger partial charge in [-0.25, -0.2) is 0 Å². The molecule has 42 valence electrons. The molecule has 0 spiro atoms. The minimum atomic E-state index is -1.18. The van der Waals surface area contributed by atoms with Crippen LogP contribution in [0.1, 0.15) is 6.92 Å². The number of rotatable bonds is 2. The number of ether oxygens (including phenoxy) is 1. The summed E-state index contributed by atoms with van der Waals surface area (Å²) in [5.41, 5.74) is 0. The molecule has 0 amide bonds. The molecule has 7 heavy (non-hydrogen) atoms. The average molecular weight is 103 g/mol. The van der Waals surface area contributed by atoms with Gasteiger partial charge in [0.05, 0.1) is 12.1 Å². The molecule has 0 N–H and O–H groups in total. The second-order valence-electron chi connectivity index (χ2n) is 1.20. The third-order valence-corrected chi connectivity index (χ3v) is 0.685. The second-order valence-corrected chi connectivity index (χ2v) is 1.20. The van der Waals surface area contributed by atoms with Gasteiger partial charge in [0.2, 0.25) is 0 Å². The Balaban J connectivity index is 3.34. The van der Waals surface area contributed by atoms with Gasteiger partial charge in [-0.15, -0.1) is 0 Å². The van der Waals surface area contributed by atoms with Gasteiger partial charge in [0.25, 0.3) is 0 Å². The van der Waals surface area contributed by atoms with Crippen LogP contribution in [-0.4, -0.2) is 19.2 Å². The molecule has 0 bridgehead atoms. The Hall–Kier alpha value is -0.570. The molecule has 0 saturated heterocycles. The number of methoxy groups -OCH3 is 1. The van der Waals surface area contributed by atoms with Gasteiger partial charge in [0, 0.05) is 7.11 Å². The van der Waals surface area contributed by atoms with Gasteiger partial charge in [-0.1, -0.05) is 0 Å². The number of hydrogen-bond donors (Lipinski definition) is 0. The first-order valence-corrected chi connectivity index (χ1v) is 1.92. The van der Waals surface area contributed by atoms with Crippen molar-refractivity contribution in [2.75, 3.05) is 7.11 Å². The molecule has 0 saturated carbocycles. The van der Waals surface area contributed by atoms with Gasteiger partial charge in [0.15, 0.2) is 0 Å². The van der Waals surface area contributed by atoms with Crippen LogP contribution in [0.5, 0.6) is 0 Å². The smallest absolute Gasteiger partial charge is 0.0936 e. The summed E-state index contributed by atoms with van der Waals surface area (Å²) in [7, 11) is 1.32. The summed E-state index contributed by atoms with van der Waals surface area (Å²) in [5, 5.41) is 9.69. The van der Waals surface area contributed by atoms with Crippen molar-refractivity contribution in [1.82, 2.24) is 0 Å². The summed E-state index contributed by atoms with van der Waals surface area (Å²) in [5.74, 6) is -1.18. The summed E-state index contributed by atoms with van der Waals surface area (Å²) in [4.78, 5) is 9.69. The van der Waals surface area contributed by atoms with Crippen LogP contribution in [0, 0.1) is 0 Å². The standard InChI is InChI=1S/C4H8O3/c1-3(7-2)4(5)6/h3H,1-2H3,(H,5,6)/p-1. The van der Waals surface area contributed by atoms with Crippen molar-refractivity contribution < 1.29 is 14.6 Å². The summed E-state index contributed by atoms with van der Waals surface area (Å²) in [6.07, 6.45) is -0.792. The van der Waals surface area contributed by atoms with Gasteiger partial charge in [-0.05, 0) is 6.92 Å². The Morgan fingerprint density at radius 3 is 2.29 bits per heavy atom. The SMILES string of the molecule is COC(C)C(=O)[O-]. The van der Waals surface area contributed by atoms with E-state index in [4.69, 9.17) is 0 Å².